The average Bonchev–Trinajstić information content (AvgIpc) is 2.81. The van der Waals surface area contributed by atoms with Crippen LogP contribution in [0.25, 0.3) is 10.1 Å². The molecule has 0 aliphatic carbocycles. The summed E-state index contributed by atoms with van der Waals surface area (Å²) >= 11 is 1.41. The summed E-state index contributed by atoms with van der Waals surface area (Å²) in [5, 5.41) is 11.6. The van der Waals surface area contributed by atoms with Crippen molar-refractivity contribution in [3.8, 4) is 0 Å². The van der Waals surface area contributed by atoms with E-state index < -0.39 is 4.92 Å². The number of fused-ring (bicyclic) bond motifs is 1. The molecule has 0 bridgehead atoms. The summed E-state index contributed by atoms with van der Waals surface area (Å²) in [5.74, 6) is 0.723. The molecule has 1 aromatic heterocycles. The number of nitro benzene ring substituents is 1. The van der Waals surface area contributed by atoms with Crippen LogP contribution in [-0.2, 0) is 0 Å². The number of amides is 1. The van der Waals surface area contributed by atoms with Gasteiger partial charge in [-0.1, -0.05) is 6.92 Å². The SMILES string of the molecule is C[C@H]1CCCN(C(=O)c2cc3cc([N+](=O)[O-])ccc3s2)CC1. The second-order valence-electron chi connectivity index (χ2n) is 5.92. The van der Waals surface area contributed by atoms with Crippen LogP contribution in [0.15, 0.2) is 24.3 Å². The molecule has 1 aliphatic heterocycles. The number of hydrogen-bond donors (Lipinski definition) is 0. The third-order valence-corrected chi connectivity index (χ3v) is 5.33. The van der Waals surface area contributed by atoms with Gasteiger partial charge in [0, 0.05) is 35.3 Å². The first-order valence-electron chi connectivity index (χ1n) is 7.52. The van der Waals surface area contributed by atoms with Crippen molar-refractivity contribution < 1.29 is 9.72 Å². The summed E-state index contributed by atoms with van der Waals surface area (Å²) in [6.45, 7) is 3.83. The second kappa shape index (κ2) is 6.04. The fourth-order valence-electron chi connectivity index (χ4n) is 2.87. The van der Waals surface area contributed by atoms with Gasteiger partial charge in [-0.3, -0.25) is 14.9 Å². The normalized spacial score (nSPS) is 19.1. The van der Waals surface area contributed by atoms with Gasteiger partial charge in [0.2, 0.25) is 0 Å². The molecule has 0 saturated carbocycles. The Bertz CT molecular complexity index is 725. The number of hydrogen-bond acceptors (Lipinski definition) is 4. The van der Waals surface area contributed by atoms with E-state index in [4.69, 9.17) is 0 Å². The Kier molecular flexibility index (Phi) is 4.11. The summed E-state index contributed by atoms with van der Waals surface area (Å²) < 4.78 is 0.914. The van der Waals surface area contributed by atoms with Crippen molar-refractivity contribution >= 4 is 33.0 Å². The van der Waals surface area contributed by atoms with Crippen molar-refractivity contribution in [2.45, 2.75) is 26.2 Å². The van der Waals surface area contributed by atoms with Crippen LogP contribution in [0.5, 0.6) is 0 Å². The number of rotatable bonds is 2. The molecule has 0 N–H and O–H groups in total. The Morgan fingerprint density at radius 3 is 2.91 bits per heavy atom. The number of non-ortho nitro benzene ring substituents is 1. The quantitative estimate of drug-likeness (QED) is 0.619. The van der Waals surface area contributed by atoms with Gasteiger partial charge in [-0.15, -0.1) is 11.3 Å². The molecule has 1 aromatic carbocycles. The predicted molar refractivity (Wildman–Crippen MR) is 87.4 cm³/mol. The van der Waals surface area contributed by atoms with Gasteiger partial charge in [-0.2, -0.15) is 0 Å². The highest BCUT2D eigenvalue weighted by Crippen LogP contribution is 2.30. The molecule has 1 fully saturated rings. The van der Waals surface area contributed by atoms with Crippen molar-refractivity contribution in [3.63, 3.8) is 0 Å². The van der Waals surface area contributed by atoms with Crippen molar-refractivity contribution in [2.24, 2.45) is 5.92 Å². The van der Waals surface area contributed by atoms with Crippen LogP contribution in [0.4, 0.5) is 5.69 Å². The molecule has 1 atom stereocenters. The molecule has 5 nitrogen and oxygen atoms in total. The first kappa shape index (κ1) is 15.0. The standard InChI is InChI=1S/C16H18N2O3S/c1-11-3-2-7-17(8-6-11)16(19)15-10-12-9-13(18(20)21)4-5-14(12)22-15/h4-5,9-11H,2-3,6-8H2,1H3/t11-/m0/s1. The summed E-state index contributed by atoms with van der Waals surface area (Å²) in [5.41, 5.74) is 0.0629. The van der Waals surface area contributed by atoms with Gasteiger partial charge in [0.25, 0.3) is 11.6 Å². The summed E-state index contributed by atoms with van der Waals surface area (Å²) in [6, 6.07) is 6.52. The maximum absolute atomic E-state index is 12.7. The van der Waals surface area contributed by atoms with Crippen LogP contribution in [0.2, 0.25) is 0 Å². The highest BCUT2D eigenvalue weighted by Gasteiger charge is 2.21. The number of carbonyl (C=O) groups is 1. The number of nitrogens with zero attached hydrogens (tertiary/aromatic N) is 2. The molecule has 1 saturated heterocycles. The van der Waals surface area contributed by atoms with Gasteiger partial charge >= 0.3 is 0 Å². The van der Waals surface area contributed by atoms with Crippen LogP contribution in [0.3, 0.4) is 0 Å². The molecule has 116 valence electrons. The zero-order valence-electron chi connectivity index (χ0n) is 12.4. The predicted octanol–water partition coefficient (Wildman–Crippen LogP) is 4.07. The Morgan fingerprint density at radius 1 is 1.32 bits per heavy atom. The molecule has 2 aromatic rings. The molecule has 3 rings (SSSR count). The molecule has 1 amide bonds. The van der Waals surface area contributed by atoms with Gasteiger partial charge in [0.05, 0.1) is 9.80 Å². The minimum atomic E-state index is -0.408. The number of likely N-dealkylation sites (tertiary alicyclic amines) is 1. The lowest BCUT2D eigenvalue weighted by molar-refractivity contribution is -0.384. The van der Waals surface area contributed by atoms with Gasteiger partial charge < -0.3 is 4.90 Å². The lowest BCUT2D eigenvalue weighted by Crippen LogP contribution is -2.31. The van der Waals surface area contributed by atoms with Crippen LogP contribution in [0.1, 0.15) is 35.9 Å². The van der Waals surface area contributed by atoms with E-state index in [0.29, 0.717) is 10.8 Å². The molecule has 6 heteroatoms. The first-order valence-corrected chi connectivity index (χ1v) is 8.33. The van der Waals surface area contributed by atoms with Gasteiger partial charge in [0.1, 0.15) is 0 Å². The van der Waals surface area contributed by atoms with Crippen LogP contribution in [-0.4, -0.2) is 28.8 Å². The lowest BCUT2D eigenvalue weighted by Gasteiger charge is -2.19. The van der Waals surface area contributed by atoms with E-state index in [1.54, 1.807) is 12.1 Å². The zero-order valence-corrected chi connectivity index (χ0v) is 13.3. The Hall–Kier alpha value is -1.95. The molecule has 0 radical (unpaired) electrons. The Labute approximate surface area is 132 Å². The van der Waals surface area contributed by atoms with Crippen LogP contribution < -0.4 is 0 Å². The minimum Gasteiger partial charge on any atom is -0.338 e. The molecule has 0 spiro atoms. The monoisotopic (exact) mass is 318 g/mol. The van der Waals surface area contributed by atoms with Crippen molar-refractivity contribution in [2.75, 3.05) is 13.1 Å². The third-order valence-electron chi connectivity index (χ3n) is 4.23. The van der Waals surface area contributed by atoms with Gasteiger partial charge in [-0.05, 0) is 37.3 Å². The molecule has 22 heavy (non-hydrogen) atoms. The fraction of sp³-hybridized carbons (Fsp3) is 0.438. The highest BCUT2D eigenvalue weighted by atomic mass is 32.1. The van der Waals surface area contributed by atoms with E-state index in [1.807, 2.05) is 4.90 Å². The Balaban J connectivity index is 1.86. The Morgan fingerprint density at radius 2 is 2.14 bits per heavy atom. The molecular weight excluding hydrogens is 300 g/mol. The topological polar surface area (TPSA) is 63.5 Å². The van der Waals surface area contributed by atoms with E-state index in [0.717, 1.165) is 36.0 Å². The number of thiophene rings is 1. The number of carbonyl (C=O) groups excluding carboxylic acids is 1. The summed E-state index contributed by atoms with van der Waals surface area (Å²) in [6.07, 6.45) is 3.26. The number of nitro groups is 1. The zero-order chi connectivity index (χ0) is 15.7. The lowest BCUT2D eigenvalue weighted by atomic mass is 10.0. The average molecular weight is 318 g/mol. The van der Waals surface area contributed by atoms with E-state index >= 15 is 0 Å². The highest BCUT2D eigenvalue weighted by molar-refractivity contribution is 7.20. The molecule has 1 aliphatic rings. The van der Waals surface area contributed by atoms with Crippen LogP contribution in [0, 0.1) is 16.0 Å². The van der Waals surface area contributed by atoms with Crippen molar-refractivity contribution in [3.05, 3.63) is 39.3 Å². The maximum atomic E-state index is 12.7. The smallest absolute Gasteiger partial charge is 0.270 e. The molecule has 0 unspecified atom stereocenters. The third kappa shape index (κ3) is 2.97. The van der Waals surface area contributed by atoms with Crippen molar-refractivity contribution in [1.82, 2.24) is 4.90 Å². The van der Waals surface area contributed by atoms with Crippen LogP contribution >= 0.6 is 11.3 Å². The number of benzene rings is 1. The van der Waals surface area contributed by atoms with E-state index in [2.05, 4.69) is 6.92 Å². The van der Waals surface area contributed by atoms with E-state index in [-0.39, 0.29) is 11.6 Å². The fourth-order valence-corrected chi connectivity index (χ4v) is 3.88. The van der Waals surface area contributed by atoms with E-state index in [1.165, 1.54) is 29.9 Å². The summed E-state index contributed by atoms with van der Waals surface area (Å²) in [4.78, 5) is 25.7. The minimum absolute atomic E-state index is 0.0537. The van der Waals surface area contributed by atoms with Gasteiger partial charge in [-0.25, -0.2) is 0 Å². The molecule has 2 heterocycles. The van der Waals surface area contributed by atoms with Crippen molar-refractivity contribution in [1.29, 1.82) is 0 Å². The second-order valence-corrected chi connectivity index (χ2v) is 7.00. The van der Waals surface area contributed by atoms with Gasteiger partial charge in [0.15, 0.2) is 0 Å². The molecular formula is C16H18N2O3S. The summed E-state index contributed by atoms with van der Waals surface area (Å²) in [7, 11) is 0. The largest absolute Gasteiger partial charge is 0.338 e. The first-order chi connectivity index (χ1) is 10.5. The maximum Gasteiger partial charge on any atom is 0.270 e. The van der Waals surface area contributed by atoms with E-state index in [9.17, 15) is 14.9 Å².